The van der Waals surface area contributed by atoms with Crippen molar-refractivity contribution in [3.8, 4) is 11.5 Å². The van der Waals surface area contributed by atoms with Crippen molar-refractivity contribution in [1.29, 1.82) is 0 Å². The van der Waals surface area contributed by atoms with Crippen molar-refractivity contribution in [2.45, 2.75) is 23.5 Å². The molecule has 1 aliphatic rings. The van der Waals surface area contributed by atoms with E-state index in [2.05, 4.69) is 15.5 Å². The zero-order valence-corrected chi connectivity index (χ0v) is 14.2. The molecular weight excluding hydrogens is 375 g/mol. The van der Waals surface area contributed by atoms with E-state index in [0.717, 1.165) is 11.8 Å². The molecule has 1 aromatic heterocycles. The monoisotopic (exact) mass is 389 g/mol. The summed E-state index contributed by atoms with van der Waals surface area (Å²) in [7, 11) is 0. The largest absolute Gasteiger partial charge is 0.486 e. The van der Waals surface area contributed by atoms with Gasteiger partial charge in [0.2, 0.25) is 11.1 Å². The number of nitrogens with one attached hydrogen (secondary N) is 1. The van der Waals surface area contributed by atoms with Gasteiger partial charge in [0.15, 0.2) is 11.5 Å². The molecule has 2 aromatic rings. The number of halogens is 3. The molecule has 26 heavy (non-hydrogen) atoms. The average Bonchev–Trinajstić information content (AvgIpc) is 2.95. The van der Waals surface area contributed by atoms with Crippen LogP contribution in [0.3, 0.4) is 0 Å². The molecule has 12 heteroatoms. The fourth-order valence-corrected chi connectivity index (χ4v) is 2.90. The van der Waals surface area contributed by atoms with E-state index in [1.807, 2.05) is 0 Å². The lowest BCUT2D eigenvalue weighted by atomic mass is 10.2. The van der Waals surface area contributed by atoms with Crippen LogP contribution in [0.5, 0.6) is 11.5 Å². The molecule has 140 valence electrons. The molecule has 0 bridgehead atoms. The van der Waals surface area contributed by atoms with Gasteiger partial charge in [0, 0.05) is 11.8 Å². The molecule has 2 heterocycles. The first kappa shape index (κ1) is 18.2. The van der Waals surface area contributed by atoms with Crippen LogP contribution in [0.1, 0.15) is 12.7 Å². The molecule has 1 atom stereocenters. The van der Waals surface area contributed by atoms with Crippen LogP contribution in [-0.4, -0.2) is 39.2 Å². The molecule has 0 unspecified atom stereocenters. The number of benzene rings is 1. The second-order valence-corrected chi connectivity index (χ2v) is 6.59. The van der Waals surface area contributed by atoms with E-state index in [4.69, 9.17) is 15.3 Å². The number of carbonyl (C=O) groups excluding carboxylic acids is 1. The summed E-state index contributed by atoms with van der Waals surface area (Å²) in [5.41, 5.74) is 0.469. The first-order chi connectivity index (χ1) is 12.3. The Morgan fingerprint density at radius 1 is 1.31 bits per heavy atom. The number of amides is 1. The van der Waals surface area contributed by atoms with Crippen LogP contribution in [0.2, 0.25) is 0 Å². The number of carbonyl (C=O) groups is 1. The third-order valence-corrected chi connectivity index (χ3v) is 4.44. The molecule has 8 nitrogen and oxygen atoms in total. The quantitative estimate of drug-likeness (QED) is 0.608. The summed E-state index contributed by atoms with van der Waals surface area (Å²) in [6, 6.07) is 4.90. The van der Waals surface area contributed by atoms with Crippen molar-refractivity contribution in [2.75, 3.05) is 24.4 Å². The number of alkyl halides is 3. The summed E-state index contributed by atoms with van der Waals surface area (Å²) in [6.07, 6.45) is -4.72. The maximum absolute atomic E-state index is 12.7. The number of hydrogen-bond acceptors (Lipinski definition) is 7. The number of nitrogen functional groups attached to an aromatic ring is 1. The smallest absolute Gasteiger partial charge is 0.453 e. The van der Waals surface area contributed by atoms with Crippen molar-refractivity contribution in [1.82, 2.24) is 14.9 Å². The topological polar surface area (TPSA) is 104 Å². The lowest BCUT2D eigenvalue weighted by molar-refractivity contribution is -0.146. The van der Waals surface area contributed by atoms with Gasteiger partial charge in [-0.15, -0.1) is 10.2 Å². The van der Waals surface area contributed by atoms with Gasteiger partial charge in [-0.3, -0.25) is 4.79 Å². The Hall–Kier alpha value is -2.63. The maximum Gasteiger partial charge on any atom is 0.453 e. The summed E-state index contributed by atoms with van der Waals surface area (Å²) in [5.74, 6) is 4.66. The van der Waals surface area contributed by atoms with Gasteiger partial charge in [-0.2, -0.15) is 13.2 Å². The Kier molecular flexibility index (Phi) is 4.85. The molecule has 0 saturated carbocycles. The van der Waals surface area contributed by atoms with Crippen LogP contribution in [0.25, 0.3) is 0 Å². The lowest BCUT2D eigenvalue weighted by Gasteiger charge is -2.19. The van der Waals surface area contributed by atoms with Crippen molar-refractivity contribution < 1.29 is 27.4 Å². The maximum atomic E-state index is 12.7. The number of ether oxygens (including phenoxy) is 2. The third-order valence-electron chi connectivity index (χ3n) is 3.38. The van der Waals surface area contributed by atoms with Gasteiger partial charge in [0.05, 0.1) is 5.25 Å². The zero-order chi connectivity index (χ0) is 18.9. The number of anilines is 1. The van der Waals surface area contributed by atoms with Crippen LogP contribution >= 0.6 is 11.8 Å². The molecule has 1 amide bonds. The van der Waals surface area contributed by atoms with Gasteiger partial charge in [0.25, 0.3) is 5.82 Å². The van der Waals surface area contributed by atoms with Crippen molar-refractivity contribution in [3.05, 3.63) is 24.0 Å². The van der Waals surface area contributed by atoms with Crippen LogP contribution < -0.4 is 20.6 Å². The molecule has 3 rings (SSSR count). The van der Waals surface area contributed by atoms with Crippen molar-refractivity contribution in [3.63, 3.8) is 0 Å². The fourth-order valence-electron chi connectivity index (χ4n) is 2.13. The van der Waals surface area contributed by atoms with E-state index < -0.39 is 23.2 Å². The van der Waals surface area contributed by atoms with E-state index in [1.165, 1.54) is 6.92 Å². The van der Waals surface area contributed by atoms with Gasteiger partial charge in [-0.1, -0.05) is 11.8 Å². The van der Waals surface area contributed by atoms with Crippen molar-refractivity contribution >= 4 is 23.4 Å². The summed E-state index contributed by atoms with van der Waals surface area (Å²) in [4.78, 5) is 12.3. The number of nitrogens with two attached hydrogens (primary N) is 1. The lowest BCUT2D eigenvalue weighted by Crippen LogP contribution is -2.25. The van der Waals surface area contributed by atoms with Crippen LogP contribution in [0.4, 0.5) is 18.9 Å². The minimum atomic E-state index is -4.72. The van der Waals surface area contributed by atoms with Gasteiger partial charge in [0.1, 0.15) is 13.2 Å². The summed E-state index contributed by atoms with van der Waals surface area (Å²) in [6.45, 7) is 2.37. The summed E-state index contributed by atoms with van der Waals surface area (Å²) < 4.78 is 49.1. The summed E-state index contributed by atoms with van der Waals surface area (Å²) >= 11 is 0.760. The van der Waals surface area contributed by atoms with E-state index in [-0.39, 0.29) is 5.16 Å². The third kappa shape index (κ3) is 3.79. The highest BCUT2D eigenvalue weighted by Crippen LogP contribution is 2.33. The van der Waals surface area contributed by atoms with E-state index in [1.54, 1.807) is 18.2 Å². The minimum Gasteiger partial charge on any atom is -0.486 e. The van der Waals surface area contributed by atoms with E-state index >= 15 is 0 Å². The van der Waals surface area contributed by atoms with Gasteiger partial charge < -0.3 is 20.6 Å². The van der Waals surface area contributed by atoms with E-state index in [0.29, 0.717) is 35.1 Å². The second-order valence-electron chi connectivity index (χ2n) is 5.28. The van der Waals surface area contributed by atoms with Gasteiger partial charge in [-0.25, -0.2) is 4.68 Å². The number of fused-ring (bicyclic) bond motifs is 1. The first-order valence-corrected chi connectivity index (χ1v) is 8.28. The molecule has 0 fully saturated rings. The van der Waals surface area contributed by atoms with Gasteiger partial charge >= 0.3 is 6.18 Å². The zero-order valence-electron chi connectivity index (χ0n) is 13.4. The molecule has 0 saturated heterocycles. The highest BCUT2D eigenvalue weighted by atomic mass is 32.2. The first-order valence-electron chi connectivity index (χ1n) is 7.40. The Morgan fingerprint density at radius 2 is 2.00 bits per heavy atom. The van der Waals surface area contributed by atoms with Crippen molar-refractivity contribution in [2.24, 2.45) is 0 Å². The molecule has 0 radical (unpaired) electrons. The number of hydrogen-bond donors (Lipinski definition) is 2. The molecule has 3 N–H and O–H groups in total. The molecule has 0 spiro atoms. The SMILES string of the molecule is C[C@@H](Sc1nnc(C(F)(F)F)n1N)C(=O)Nc1ccc2c(c1)OCCO2. The predicted octanol–water partition coefficient (Wildman–Crippen LogP) is 1.90. The number of nitrogens with zero attached hydrogens (tertiary/aromatic N) is 3. The molecule has 0 aliphatic carbocycles. The number of thioether (sulfide) groups is 1. The molecule has 1 aliphatic heterocycles. The minimum absolute atomic E-state index is 0.220. The predicted molar refractivity (Wildman–Crippen MR) is 86.6 cm³/mol. The summed E-state index contributed by atoms with van der Waals surface area (Å²) in [5, 5.41) is 8.06. The average molecular weight is 389 g/mol. The highest BCUT2D eigenvalue weighted by molar-refractivity contribution is 8.00. The Bertz CT molecular complexity index is 827. The molecule has 1 aromatic carbocycles. The van der Waals surface area contributed by atoms with E-state index in [9.17, 15) is 18.0 Å². The second kappa shape index (κ2) is 6.94. The number of aromatic nitrogens is 3. The van der Waals surface area contributed by atoms with Crippen LogP contribution in [-0.2, 0) is 11.0 Å². The standard InChI is InChI=1S/C14H14F3N5O3S/c1-7(26-13-21-20-12(22(13)18)14(15,16)17)11(23)19-8-2-3-9-10(6-8)25-5-4-24-9/h2-3,6-7H,4-5,18H2,1H3,(H,19,23)/t7-/m1/s1. The Morgan fingerprint density at radius 3 is 2.65 bits per heavy atom. The van der Waals surface area contributed by atoms with Crippen LogP contribution in [0, 0.1) is 0 Å². The highest BCUT2D eigenvalue weighted by Gasteiger charge is 2.38. The Balaban J connectivity index is 1.66. The van der Waals surface area contributed by atoms with Gasteiger partial charge in [-0.05, 0) is 19.1 Å². The molecular formula is C14H14F3N5O3S. The normalized spacial score (nSPS) is 14.8. The Labute approximate surface area is 149 Å². The fraction of sp³-hybridized carbons (Fsp3) is 0.357. The van der Waals surface area contributed by atoms with Crippen LogP contribution in [0.15, 0.2) is 23.4 Å². The number of rotatable bonds is 4.